The number of aryl methyl sites for hydroxylation is 2. The van der Waals surface area contributed by atoms with Crippen LogP contribution in [0.4, 0.5) is 0 Å². The monoisotopic (exact) mass is 472 g/mol. The van der Waals surface area contributed by atoms with E-state index in [0.29, 0.717) is 48.4 Å². The van der Waals surface area contributed by atoms with E-state index in [2.05, 4.69) is 25.1 Å². The third-order valence-corrected chi connectivity index (χ3v) is 5.52. The molecule has 0 aliphatic carbocycles. The molecule has 0 amide bonds. The summed E-state index contributed by atoms with van der Waals surface area (Å²) < 4.78 is 14.4. The average molecular weight is 473 g/mol. The van der Waals surface area contributed by atoms with Crippen LogP contribution in [0.2, 0.25) is 0 Å². The smallest absolute Gasteiger partial charge is 0.230 e. The van der Waals surface area contributed by atoms with Crippen LogP contribution in [0.3, 0.4) is 0 Å². The SMILES string of the molecule is COCCOc1ncnc(C)c1-c1ncc2cnn(Cc3ccc(-n4nc(O)cc4C)cc3)c2n1. The lowest BCUT2D eigenvalue weighted by Gasteiger charge is -2.11. The van der Waals surface area contributed by atoms with Gasteiger partial charge in [-0.05, 0) is 31.5 Å². The molecule has 0 unspecified atom stereocenters. The van der Waals surface area contributed by atoms with Crippen molar-refractivity contribution >= 4 is 11.0 Å². The second-order valence-corrected chi connectivity index (χ2v) is 7.98. The van der Waals surface area contributed by atoms with E-state index in [-0.39, 0.29) is 5.88 Å². The summed E-state index contributed by atoms with van der Waals surface area (Å²) in [6.45, 7) is 5.07. The molecular formula is C24H24N8O3. The number of ether oxygens (including phenoxy) is 2. The van der Waals surface area contributed by atoms with Crippen molar-refractivity contribution in [2.45, 2.75) is 20.4 Å². The van der Waals surface area contributed by atoms with Crippen LogP contribution >= 0.6 is 0 Å². The van der Waals surface area contributed by atoms with Crippen LogP contribution in [0, 0.1) is 13.8 Å². The molecule has 5 aromatic rings. The Kier molecular flexibility index (Phi) is 6.06. The van der Waals surface area contributed by atoms with Crippen molar-refractivity contribution in [3.8, 4) is 28.8 Å². The predicted octanol–water partition coefficient (Wildman–Crippen LogP) is 2.86. The number of hydrogen-bond donors (Lipinski definition) is 1. The van der Waals surface area contributed by atoms with Gasteiger partial charge in [0.05, 0.1) is 36.1 Å². The van der Waals surface area contributed by atoms with E-state index in [0.717, 1.165) is 22.3 Å². The molecule has 0 fully saturated rings. The Labute approximate surface area is 201 Å². The molecule has 0 aliphatic rings. The number of hydrogen-bond acceptors (Lipinski definition) is 9. The number of benzene rings is 1. The van der Waals surface area contributed by atoms with Gasteiger partial charge in [-0.1, -0.05) is 12.1 Å². The normalized spacial score (nSPS) is 11.3. The van der Waals surface area contributed by atoms with Gasteiger partial charge in [-0.3, -0.25) is 0 Å². The summed E-state index contributed by atoms with van der Waals surface area (Å²) in [4.78, 5) is 17.9. The highest BCUT2D eigenvalue weighted by molar-refractivity contribution is 5.77. The standard InChI is InChI=1S/C24H24N8O3/c1-15-10-20(33)30-32(15)19-6-4-17(5-7-19)13-31-23-18(12-28-31)11-25-22(29-23)21-16(2)26-14-27-24(21)35-9-8-34-3/h4-7,10-12,14H,8-9,13H2,1-3H3,(H,30,33). The zero-order chi connectivity index (χ0) is 24.4. The van der Waals surface area contributed by atoms with Crippen LogP contribution in [-0.2, 0) is 11.3 Å². The van der Waals surface area contributed by atoms with Crippen molar-refractivity contribution in [3.05, 3.63) is 66.0 Å². The average Bonchev–Trinajstić information content (AvgIpc) is 3.41. The fraction of sp³-hybridized carbons (Fsp3) is 0.250. The second kappa shape index (κ2) is 9.47. The molecule has 35 heavy (non-hydrogen) atoms. The van der Waals surface area contributed by atoms with Gasteiger partial charge in [0.2, 0.25) is 11.8 Å². The van der Waals surface area contributed by atoms with Gasteiger partial charge in [-0.25, -0.2) is 29.3 Å². The number of fused-ring (bicyclic) bond motifs is 1. The quantitative estimate of drug-likeness (QED) is 0.339. The van der Waals surface area contributed by atoms with E-state index < -0.39 is 0 Å². The van der Waals surface area contributed by atoms with Crippen LogP contribution in [0.25, 0.3) is 28.1 Å². The summed E-state index contributed by atoms with van der Waals surface area (Å²) in [5.41, 5.74) is 4.80. The first kappa shape index (κ1) is 22.4. The van der Waals surface area contributed by atoms with E-state index in [1.54, 1.807) is 30.3 Å². The lowest BCUT2D eigenvalue weighted by Crippen LogP contribution is -2.09. The number of nitrogens with zero attached hydrogens (tertiary/aromatic N) is 8. The maximum atomic E-state index is 9.64. The topological polar surface area (TPSA) is 126 Å². The molecule has 0 radical (unpaired) electrons. The highest BCUT2D eigenvalue weighted by Crippen LogP contribution is 2.28. The van der Waals surface area contributed by atoms with E-state index in [4.69, 9.17) is 14.5 Å². The fourth-order valence-corrected chi connectivity index (χ4v) is 3.78. The molecular weight excluding hydrogens is 448 g/mol. The van der Waals surface area contributed by atoms with Crippen LogP contribution in [0.15, 0.2) is 49.1 Å². The highest BCUT2D eigenvalue weighted by Gasteiger charge is 2.17. The van der Waals surface area contributed by atoms with Crippen molar-refractivity contribution in [1.29, 1.82) is 0 Å². The lowest BCUT2D eigenvalue weighted by molar-refractivity contribution is 0.144. The summed E-state index contributed by atoms with van der Waals surface area (Å²) in [5.74, 6) is 0.876. The van der Waals surface area contributed by atoms with Crippen molar-refractivity contribution < 1.29 is 14.6 Å². The van der Waals surface area contributed by atoms with Gasteiger partial charge >= 0.3 is 0 Å². The number of methoxy groups -OCH3 is 1. The van der Waals surface area contributed by atoms with E-state index in [9.17, 15) is 5.11 Å². The summed E-state index contributed by atoms with van der Waals surface area (Å²) in [6.07, 6.45) is 4.94. The molecule has 0 saturated carbocycles. The van der Waals surface area contributed by atoms with Crippen LogP contribution < -0.4 is 4.74 Å². The largest absolute Gasteiger partial charge is 0.492 e. The minimum atomic E-state index is -0.00335. The Morgan fingerprint density at radius 1 is 1.00 bits per heavy atom. The highest BCUT2D eigenvalue weighted by atomic mass is 16.5. The van der Waals surface area contributed by atoms with Crippen LogP contribution in [0.5, 0.6) is 11.8 Å². The van der Waals surface area contributed by atoms with Gasteiger partial charge in [0.25, 0.3) is 0 Å². The van der Waals surface area contributed by atoms with Crippen LogP contribution in [0.1, 0.15) is 17.0 Å². The van der Waals surface area contributed by atoms with Crippen LogP contribution in [-0.4, -0.2) is 64.9 Å². The Morgan fingerprint density at radius 2 is 1.83 bits per heavy atom. The minimum absolute atomic E-state index is 0.00335. The maximum Gasteiger partial charge on any atom is 0.230 e. The van der Waals surface area contributed by atoms with Gasteiger partial charge in [-0.2, -0.15) is 5.10 Å². The zero-order valence-corrected chi connectivity index (χ0v) is 19.6. The second-order valence-electron chi connectivity index (χ2n) is 7.98. The molecule has 11 nitrogen and oxygen atoms in total. The van der Waals surface area contributed by atoms with Gasteiger partial charge in [0.1, 0.15) is 18.5 Å². The molecule has 5 rings (SSSR count). The van der Waals surface area contributed by atoms with E-state index in [1.807, 2.05) is 42.8 Å². The van der Waals surface area contributed by atoms with Gasteiger partial charge < -0.3 is 14.6 Å². The van der Waals surface area contributed by atoms with Crippen molar-refractivity contribution in [1.82, 2.24) is 39.5 Å². The molecule has 0 saturated heterocycles. The number of aromatic nitrogens is 8. The molecule has 11 heteroatoms. The first-order valence-corrected chi connectivity index (χ1v) is 11.0. The molecule has 0 spiro atoms. The molecule has 0 atom stereocenters. The Bertz CT molecular complexity index is 1480. The van der Waals surface area contributed by atoms with E-state index >= 15 is 0 Å². The molecule has 178 valence electrons. The van der Waals surface area contributed by atoms with Crippen molar-refractivity contribution in [2.24, 2.45) is 0 Å². The predicted molar refractivity (Wildman–Crippen MR) is 128 cm³/mol. The molecule has 0 bridgehead atoms. The Balaban J connectivity index is 1.44. The Morgan fingerprint density at radius 3 is 2.57 bits per heavy atom. The van der Waals surface area contributed by atoms with Crippen molar-refractivity contribution in [3.63, 3.8) is 0 Å². The number of aromatic hydroxyl groups is 1. The summed E-state index contributed by atoms with van der Waals surface area (Å²) in [5, 5.41) is 19.1. The van der Waals surface area contributed by atoms with E-state index in [1.165, 1.54) is 6.33 Å². The van der Waals surface area contributed by atoms with Gasteiger partial charge in [0.15, 0.2) is 11.5 Å². The molecule has 1 N–H and O–H groups in total. The van der Waals surface area contributed by atoms with Crippen molar-refractivity contribution in [2.75, 3.05) is 20.3 Å². The molecule has 1 aromatic carbocycles. The third kappa shape index (κ3) is 4.53. The minimum Gasteiger partial charge on any atom is -0.492 e. The Hall–Kier alpha value is -4.38. The molecule has 0 aliphatic heterocycles. The van der Waals surface area contributed by atoms with Gasteiger partial charge in [-0.15, -0.1) is 5.10 Å². The summed E-state index contributed by atoms with van der Waals surface area (Å²) in [6, 6.07) is 9.53. The fourth-order valence-electron chi connectivity index (χ4n) is 3.78. The first-order valence-electron chi connectivity index (χ1n) is 11.0. The van der Waals surface area contributed by atoms with Gasteiger partial charge in [0, 0.05) is 25.1 Å². The third-order valence-electron chi connectivity index (χ3n) is 5.52. The zero-order valence-electron chi connectivity index (χ0n) is 19.6. The molecule has 4 heterocycles. The lowest BCUT2D eigenvalue weighted by atomic mass is 10.2. The molecule has 4 aromatic heterocycles. The first-order chi connectivity index (χ1) is 17.0. The number of rotatable bonds is 8. The maximum absolute atomic E-state index is 9.64. The summed E-state index contributed by atoms with van der Waals surface area (Å²) in [7, 11) is 1.62. The summed E-state index contributed by atoms with van der Waals surface area (Å²) >= 11 is 0.